The Bertz CT molecular complexity index is 728. The molecule has 3 heterocycles. The third-order valence-electron chi connectivity index (χ3n) is 4.09. The van der Waals surface area contributed by atoms with Crippen LogP contribution in [0.2, 0.25) is 0 Å². The van der Waals surface area contributed by atoms with Crippen LogP contribution in [0.4, 0.5) is 10.1 Å². The minimum absolute atomic E-state index is 0.106. The molecule has 0 spiro atoms. The Hall–Kier alpha value is -2.09. The fourth-order valence-corrected chi connectivity index (χ4v) is 3.52. The van der Waals surface area contributed by atoms with E-state index in [1.54, 1.807) is 19.3 Å². The Morgan fingerprint density at radius 1 is 1.42 bits per heavy atom. The topological polar surface area (TPSA) is 68.2 Å². The lowest BCUT2D eigenvalue weighted by Gasteiger charge is -2.36. The molecule has 0 unspecified atom stereocenters. The molecule has 128 valence electrons. The van der Waals surface area contributed by atoms with Crippen LogP contribution >= 0.6 is 11.3 Å². The third kappa shape index (κ3) is 3.24. The summed E-state index contributed by atoms with van der Waals surface area (Å²) in [7, 11) is 0. The number of anilines is 1. The van der Waals surface area contributed by atoms with Gasteiger partial charge >= 0.3 is 5.97 Å². The Balaban J connectivity index is 1.79. The quantitative estimate of drug-likeness (QED) is 0.790. The smallest absolute Gasteiger partial charge is 0.344 e. The van der Waals surface area contributed by atoms with E-state index in [9.17, 15) is 9.18 Å². The SMILES string of the molecule is CCOC(=O)C1(F)CCN(c2cnccc2-c2nnc(C)s2)CC1. The molecule has 24 heavy (non-hydrogen) atoms. The van der Waals surface area contributed by atoms with Crippen molar-refractivity contribution in [2.75, 3.05) is 24.6 Å². The molecule has 1 aliphatic rings. The highest BCUT2D eigenvalue weighted by molar-refractivity contribution is 7.14. The van der Waals surface area contributed by atoms with Gasteiger partial charge in [-0.3, -0.25) is 4.98 Å². The fourth-order valence-electron chi connectivity index (χ4n) is 2.79. The van der Waals surface area contributed by atoms with Crippen LogP contribution in [0.3, 0.4) is 0 Å². The molecule has 1 saturated heterocycles. The summed E-state index contributed by atoms with van der Waals surface area (Å²) in [5, 5.41) is 9.94. The molecule has 8 heteroatoms. The molecule has 3 rings (SSSR count). The molecular formula is C16H19FN4O2S. The zero-order valence-corrected chi connectivity index (χ0v) is 14.5. The molecule has 0 amide bonds. The van der Waals surface area contributed by atoms with Gasteiger partial charge in [-0.1, -0.05) is 11.3 Å². The maximum Gasteiger partial charge on any atom is 0.344 e. The summed E-state index contributed by atoms with van der Waals surface area (Å²) in [6.45, 7) is 4.62. The number of hydrogen-bond donors (Lipinski definition) is 0. The molecule has 6 nitrogen and oxygen atoms in total. The van der Waals surface area contributed by atoms with Crippen LogP contribution in [0.25, 0.3) is 10.6 Å². The van der Waals surface area contributed by atoms with Crippen molar-refractivity contribution in [1.29, 1.82) is 0 Å². The summed E-state index contributed by atoms with van der Waals surface area (Å²) in [6.07, 6.45) is 3.67. The van der Waals surface area contributed by atoms with Crippen molar-refractivity contribution in [1.82, 2.24) is 15.2 Å². The molecule has 0 atom stereocenters. The summed E-state index contributed by atoms with van der Waals surface area (Å²) >= 11 is 1.51. The monoisotopic (exact) mass is 350 g/mol. The minimum atomic E-state index is -1.89. The molecule has 0 N–H and O–H groups in total. The second-order valence-corrected chi connectivity index (χ2v) is 6.87. The van der Waals surface area contributed by atoms with Crippen LogP contribution in [-0.4, -0.2) is 46.5 Å². The van der Waals surface area contributed by atoms with Crippen LogP contribution in [0.5, 0.6) is 0 Å². The number of aryl methyl sites for hydroxylation is 1. The van der Waals surface area contributed by atoms with Crippen LogP contribution in [-0.2, 0) is 9.53 Å². The number of hydrogen-bond acceptors (Lipinski definition) is 7. The van der Waals surface area contributed by atoms with E-state index >= 15 is 0 Å². The number of nitrogens with zero attached hydrogens (tertiary/aromatic N) is 4. The number of aromatic nitrogens is 3. The van der Waals surface area contributed by atoms with Gasteiger partial charge in [-0.25, -0.2) is 9.18 Å². The third-order valence-corrected chi connectivity index (χ3v) is 4.97. The lowest BCUT2D eigenvalue weighted by Crippen LogP contribution is -2.47. The van der Waals surface area contributed by atoms with Crippen molar-refractivity contribution in [3.05, 3.63) is 23.5 Å². The van der Waals surface area contributed by atoms with E-state index in [1.807, 2.05) is 17.9 Å². The van der Waals surface area contributed by atoms with E-state index in [-0.39, 0.29) is 19.4 Å². The highest BCUT2D eigenvalue weighted by atomic mass is 32.1. The highest BCUT2D eigenvalue weighted by Crippen LogP contribution is 2.36. The average molecular weight is 350 g/mol. The minimum Gasteiger partial charge on any atom is -0.464 e. The van der Waals surface area contributed by atoms with Gasteiger partial charge in [-0.15, -0.1) is 10.2 Å². The van der Waals surface area contributed by atoms with Crippen molar-refractivity contribution < 1.29 is 13.9 Å². The Morgan fingerprint density at radius 3 is 2.79 bits per heavy atom. The molecule has 0 aromatic carbocycles. The molecule has 1 aliphatic heterocycles. The van der Waals surface area contributed by atoms with Crippen LogP contribution in [0.15, 0.2) is 18.5 Å². The van der Waals surface area contributed by atoms with Gasteiger partial charge in [0, 0.05) is 37.7 Å². The zero-order chi connectivity index (χ0) is 17.2. The van der Waals surface area contributed by atoms with Gasteiger partial charge in [0.05, 0.1) is 18.5 Å². The maximum absolute atomic E-state index is 14.7. The molecule has 2 aromatic rings. The van der Waals surface area contributed by atoms with Gasteiger partial charge in [0.2, 0.25) is 5.67 Å². The Morgan fingerprint density at radius 2 is 2.17 bits per heavy atom. The first-order valence-corrected chi connectivity index (χ1v) is 8.71. The van der Waals surface area contributed by atoms with Crippen molar-refractivity contribution in [3.8, 4) is 10.6 Å². The van der Waals surface area contributed by atoms with E-state index in [0.29, 0.717) is 13.1 Å². The fraction of sp³-hybridized carbons (Fsp3) is 0.500. The molecule has 0 saturated carbocycles. The first-order chi connectivity index (χ1) is 11.5. The van der Waals surface area contributed by atoms with Gasteiger partial charge < -0.3 is 9.64 Å². The van der Waals surface area contributed by atoms with E-state index in [1.165, 1.54) is 11.3 Å². The summed E-state index contributed by atoms with van der Waals surface area (Å²) in [4.78, 5) is 18.0. The van der Waals surface area contributed by atoms with Crippen molar-refractivity contribution in [3.63, 3.8) is 0 Å². The van der Waals surface area contributed by atoms with Crippen molar-refractivity contribution in [2.24, 2.45) is 0 Å². The summed E-state index contributed by atoms with van der Waals surface area (Å²) in [5.74, 6) is -0.754. The number of carbonyl (C=O) groups excluding carboxylic acids is 1. The number of esters is 1. The normalized spacial score (nSPS) is 16.9. The second-order valence-electron chi connectivity index (χ2n) is 5.69. The number of alkyl halides is 1. The van der Waals surface area contributed by atoms with Gasteiger partial charge in [0.1, 0.15) is 10.0 Å². The molecule has 0 radical (unpaired) electrons. The lowest BCUT2D eigenvalue weighted by molar-refractivity contribution is -0.158. The summed E-state index contributed by atoms with van der Waals surface area (Å²) < 4.78 is 19.6. The predicted octanol–water partition coefficient (Wildman–Crippen LogP) is 2.78. The first kappa shape index (κ1) is 16.8. The Kier molecular flexibility index (Phi) is 4.75. The number of rotatable bonds is 4. The van der Waals surface area contributed by atoms with Crippen molar-refractivity contribution in [2.45, 2.75) is 32.4 Å². The second kappa shape index (κ2) is 6.80. The predicted molar refractivity (Wildman–Crippen MR) is 89.8 cm³/mol. The van der Waals surface area contributed by atoms with Crippen LogP contribution < -0.4 is 4.90 Å². The number of halogens is 1. The summed E-state index contributed by atoms with van der Waals surface area (Å²) in [5.41, 5.74) is -0.0774. The van der Waals surface area contributed by atoms with Crippen LogP contribution in [0.1, 0.15) is 24.8 Å². The molecule has 0 bridgehead atoms. The van der Waals surface area contributed by atoms with E-state index < -0.39 is 11.6 Å². The molecule has 1 fully saturated rings. The first-order valence-electron chi connectivity index (χ1n) is 7.89. The lowest BCUT2D eigenvalue weighted by atomic mass is 9.93. The number of ether oxygens (including phenoxy) is 1. The highest BCUT2D eigenvalue weighted by Gasteiger charge is 2.43. The summed E-state index contributed by atoms with van der Waals surface area (Å²) in [6, 6.07) is 1.89. The van der Waals surface area contributed by atoms with Gasteiger partial charge in [0.25, 0.3) is 0 Å². The van der Waals surface area contributed by atoms with Gasteiger partial charge in [0.15, 0.2) is 0 Å². The molecular weight excluding hydrogens is 331 g/mol. The van der Waals surface area contributed by atoms with Crippen molar-refractivity contribution >= 4 is 23.0 Å². The van der Waals surface area contributed by atoms with Gasteiger partial charge in [-0.05, 0) is 19.9 Å². The largest absolute Gasteiger partial charge is 0.464 e. The van der Waals surface area contributed by atoms with E-state index in [0.717, 1.165) is 21.3 Å². The average Bonchev–Trinajstić information content (AvgIpc) is 3.02. The van der Waals surface area contributed by atoms with Gasteiger partial charge in [-0.2, -0.15) is 0 Å². The maximum atomic E-state index is 14.7. The zero-order valence-electron chi connectivity index (χ0n) is 13.7. The number of pyridine rings is 1. The van der Waals surface area contributed by atoms with E-state index in [4.69, 9.17) is 4.74 Å². The number of piperidine rings is 1. The molecule has 0 aliphatic carbocycles. The van der Waals surface area contributed by atoms with E-state index in [2.05, 4.69) is 15.2 Å². The Labute approximate surface area is 143 Å². The standard InChI is InChI=1S/C16H19FN4O2S/c1-3-23-15(22)16(17)5-8-21(9-6-16)13-10-18-7-4-12(13)14-20-19-11(2)24-14/h4,7,10H,3,5-6,8-9H2,1-2H3. The molecule has 2 aromatic heterocycles. The van der Waals surface area contributed by atoms with Crippen LogP contribution in [0, 0.1) is 6.92 Å². The number of carbonyl (C=O) groups is 1.